The fraction of sp³-hybridized carbons (Fsp3) is 0.227. The molecule has 0 radical (unpaired) electrons. The van der Waals surface area contributed by atoms with Crippen molar-refractivity contribution in [3.63, 3.8) is 0 Å². The summed E-state index contributed by atoms with van der Waals surface area (Å²) in [7, 11) is 0. The highest BCUT2D eigenvalue weighted by Gasteiger charge is 2.10. The molecule has 0 spiro atoms. The Morgan fingerprint density at radius 2 is 1.74 bits per heavy atom. The molecule has 0 aliphatic carbocycles. The van der Waals surface area contributed by atoms with Gasteiger partial charge in [-0.15, -0.1) is 12.4 Å². The molecule has 0 saturated heterocycles. The molecule has 1 aromatic heterocycles. The summed E-state index contributed by atoms with van der Waals surface area (Å²) in [6, 6.07) is 19.9. The predicted octanol–water partition coefficient (Wildman–Crippen LogP) is 5.00. The van der Waals surface area contributed by atoms with Gasteiger partial charge in [0.2, 0.25) is 5.88 Å². The molecule has 2 N–H and O–H groups in total. The molecule has 4 nitrogen and oxygen atoms in total. The maximum absolute atomic E-state index is 5.93. The Hall–Kier alpha value is -2.56. The van der Waals surface area contributed by atoms with Crippen molar-refractivity contribution in [2.75, 3.05) is 0 Å². The summed E-state index contributed by atoms with van der Waals surface area (Å²) in [5.41, 5.74) is 9.92. The molecule has 0 aliphatic rings. The highest BCUT2D eigenvalue weighted by atomic mass is 35.5. The summed E-state index contributed by atoms with van der Waals surface area (Å²) in [4.78, 5) is 4.44. The van der Waals surface area contributed by atoms with Gasteiger partial charge >= 0.3 is 0 Å². The SMILES string of the molecule is CC(C)Oc1ccc(CN)cc1-c1ccc(OCc2ccccc2)nc1.Cl. The molecular formula is C22H25ClN2O2. The highest BCUT2D eigenvalue weighted by Crippen LogP contribution is 2.32. The number of aromatic nitrogens is 1. The molecule has 27 heavy (non-hydrogen) atoms. The summed E-state index contributed by atoms with van der Waals surface area (Å²) >= 11 is 0. The zero-order chi connectivity index (χ0) is 18.4. The number of halogens is 1. The number of pyridine rings is 1. The quantitative estimate of drug-likeness (QED) is 0.623. The van der Waals surface area contributed by atoms with Crippen LogP contribution in [-0.2, 0) is 13.2 Å². The normalized spacial score (nSPS) is 10.4. The molecule has 0 atom stereocenters. The largest absolute Gasteiger partial charge is 0.490 e. The lowest BCUT2D eigenvalue weighted by Crippen LogP contribution is -2.07. The van der Waals surface area contributed by atoms with Crippen LogP contribution < -0.4 is 15.2 Å². The number of nitrogens with zero attached hydrogens (tertiary/aromatic N) is 1. The van der Waals surface area contributed by atoms with Gasteiger partial charge in [-0.25, -0.2) is 4.98 Å². The van der Waals surface area contributed by atoms with E-state index in [0.29, 0.717) is 19.0 Å². The van der Waals surface area contributed by atoms with E-state index in [1.807, 2.05) is 74.6 Å². The summed E-state index contributed by atoms with van der Waals surface area (Å²) < 4.78 is 11.7. The van der Waals surface area contributed by atoms with Gasteiger partial charge in [0, 0.05) is 29.9 Å². The van der Waals surface area contributed by atoms with Gasteiger partial charge in [-0.2, -0.15) is 0 Å². The first-order valence-electron chi connectivity index (χ1n) is 8.78. The molecule has 1 heterocycles. The van der Waals surface area contributed by atoms with Crippen LogP contribution in [0.4, 0.5) is 0 Å². The number of hydrogen-bond donors (Lipinski definition) is 1. The van der Waals surface area contributed by atoms with Crippen LogP contribution in [0.1, 0.15) is 25.0 Å². The van der Waals surface area contributed by atoms with Crippen molar-refractivity contribution < 1.29 is 9.47 Å². The summed E-state index contributed by atoms with van der Waals surface area (Å²) in [6.07, 6.45) is 1.90. The lowest BCUT2D eigenvalue weighted by molar-refractivity contribution is 0.243. The third kappa shape index (κ3) is 5.71. The van der Waals surface area contributed by atoms with E-state index in [2.05, 4.69) is 11.1 Å². The maximum Gasteiger partial charge on any atom is 0.213 e. The second-order valence-electron chi connectivity index (χ2n) is 6.36. The first kappa shape index (κ1) is 20.7. The summed E-state index contributed by atoms with van der Waals surface area (Å²) in [6.45, 7) is 5.01. The number of hydrogen-bond acceptors (Lipinski definition) is 4. The van der Waals surface area contributed by atoms with Crippen LogP contribution in [0.5, 0.6) is 11.6 Å². The van der Waals surface area contributed by atoms with Gasteiger partial charge in [-0.1, -0.05) is 36.4 Å². The Morgan fingerprint density at radius 1 is 0.963 bits per heavy atom. The Labute approximate surface area is 166 Å². The fourth-order valence-electron chi connectivity index (χ4n) is 2.64. The van der Waals surface area contributed by atoms with E-state index in [1.54, 1.807) is 0 Å². The number of ether oxygens (including phenoxy) is 2. The second-order valence-corrected chi connectivity index (χ2v) is 6.36. The van der Waals surface area contributed by atoms with Gasteiger partial charge in [0.25, 0.3) is 0 Å². The highest BCUT2D eigenvalue weighted by molar-refractivity contribution is 5.85. The molecule has 0 unspecified atom stereocenters. The number of rotatable bonds is 7. The minimum atomic E-state index is 0. The number of benzene rings is 2. The van der Waals surface area contributed by atoms with Crippen LogP contribution in [0.25, 0.3) is 11.1 Å². The third-order valence-electron chi connectivity index (χ3n) is 3.92. The van der Waals surface area contributed by atoms with Crippen LogP contribution in [0, 0.1) is 0 Å². The lowest BCUT2D eigenvalue weighted by atomic mass is 10.0. The van der Waals surface area contributed by atoms with Gasteiger partial charge < -0.3 is 15.2 Å². The fourth-order valence-corrected chi connectivity index (χ4v) is 2.64. The van der Waals surface area contributed by atoms with Crippen molar-refractivity contribution in [3.05, 3.63) is 78.0 Å². The van der Waals surface area contributed by atoms with Crippen molar-refractivity contribution in [2.24, 2.45) is 5.73 Å². The minimum absolute atomic E-state index is 0. The molecule has 3 rings (SSSR count). The molecular weight excluding hydrogens is 360 g/mol. The Balaban J connectivity index is 0.00000261. The predicted molar refractivity (Wildman–Crippen MR) is 111 cm³/mol. The molecule has 3 aromatic rings. The van der Waals surface area contributed by atoms with Crippen LogP contribution >= 0.6 is 12.4 Å². The van der Waals surface area contributed by atoms with Crippen molar-refractivity contribution in [2.45, 2.75) is 33.1 Å². The minimum Gasteiger partial charge on any atom is -0.490 e. The van der Waals surface area contributed by atoms with Crippen LogP contribution in [0.15, 0.2) is 66.9 Å². The van der Waals surface area contributed by atoms with Gasteiger partial charge in [0.15, 0.2) is 0 Å². The molecule has 2 aromatic carbocycles. The molecule has 0 fully saturated rings. The van der Waals surface area contributed by atoms with Crippen molar-refractivity contribution in [1.29, 1.82) is 0 Å². The average molecular weight is 385 g/mol. The zero-order valence-electron chi connectivity index (χ0n) is 15.6. The molecule has 0 aliphatic heterocycles. The van der Waals surface area contributed by atoms with Crippen molar-refractivity contribution in [1.82, 2.24) is 4.98 Å². The number of nitrogens with two attached hydrogens (primary N) is 1. The Kier molecular flexibility index (Phi) is 7.65. The molecule has 0 saturated carbocycles. The van der Waals surface area contributed by atoms with Crippen LogP contribution in [-0.4, -0.2) is 11.1 Å². The van der Waals surface area contributed by atoms with Crippen molar-refractivity contribution in [3.8, 4) is 22.8 Å². The molecule has 142 valence electrons. The average Bonchev–Trinajstić information content (AvgIpc) is 2.67. The van der Waals surface area contributed by atoms with Gasteiger partial charge in [0.1, 0.15) is 12.4 Å². The van der Waals surface area contributed by atoms with E-state index in [1.165, 1.54) is 0 Å². The standard InChI is InChI=1S/C22H24N2O2.ClH/c1-16(2)26-21-10-8-18(13-23)12-20(21)19-9-11-22(24-14-19)25-15-17-6-4-3-5-7-17;/h3-12,14,16H,13,15,23H2,1-2H3;1H. The lowest BCUT2D eigenvalue weighted by Gasteiger charge is -2.15. The van der Waals surface area contributed by atoms with E-state index in [4.69, 9.17) is 15.2 Å². The smallest absolute Gasteiger partial charge is 0.213 e. The van der Waals surface area contributed by atoms with Gasteiger partial charge in [-0.05, 0) is 43.2 Å². The summed E-state index contributed by atoms with van der Waals surface area (Å²) in [5.74, 6) is 1.43. The maximum atomic E-state index is 5.93. The van der Waals surface area contributed by atoms with Crippen molar-refractivity contribution >= 4 is 12.4 Å². The molecule has 0 bridgehead atoms. The van der Waals surface area contributed by atoms with Crippen LogP contribution in [0.3, 0.4) is 0 Å². The first-order chi connectivity index (χ1) is 12.7. The molecule has 5 heteroatoms. The topological polar surface area (TPSA) is 57.4 Å². The van der Waals surface area contributed by atoms with E-state index < -0.39 is 0 Å². The zero-order valence-corrected chi connectivity index (χ0v) is 16.4. The van der Waals surface area contributed by atoms with Crippen LogP contribution in [0.2, 0.25) is 0 Å². The van der Waals surface area contributed by atoms with Gasteiger partial charge in [0.05, 0.1) is 6.10 Å². The van der Waals surface area contributed by atoms with Gasteiger partial charge in [-0.3, -0.25) is 0 Å². The van der Waals surface area contributed by atoms with E-state index in [9.17, 15) is 0 Å². The second kappa shape index (κ2) is 9.95. The van der Waals surface area contributed by atoms with E-state index >= 15 is 0 Å². The molecule has 0 amide bonds. The van der Waals surface area contributed by atoms with E-state index in [-0.39, 0.29) is 18.5 Å². The monoisotopic (exact) mass is 384 g/mol. The Bertz CT molecular complexity index is 837. The third-order valence-corrected chi connectivity index (χ3v) is 3.92. The van der Waals surface area contributed by atoms with E-state index in [0.717, 1.165) is 28.0 Å². The summed E-state index contributed by atoms with van der Waals surface area (Å²) in [5, 5.41) is 0. The first-order valence-corrected chi connectivity index (χ1v) is 8.78. The Morgan fingerprint density at radius 3 is 2.37 bits per heavy atom.